The summed E-state index contributed by atoms with van der Waals surface area (Å²) in [6.45, 7) is 2.09. The van der Waals surface area contributed by atoms with Gasteiger partial charge in [-0.2, -0.15) is 0 Å². The Balaban J connectivity index is 1.71. The molecule has 0 aliphatic carbocycles. The zero-order valence-corrected chi connectivity index (χ0v) is 15.7. The molecule has 0 saturated heterocycles. The Morgan fingerprint density at radius 1 is 1.19 bits per heavy atom. The Labute approximate surface area is 161 Å². The molecule has 0 saturated carbocycles. The maximum atomic E-state index is 12.4. The van der Waals surface area contributed by atoms with E-state index in [0.717, 1.165) is 24.8 Å². The van der Waals surface area contributed by atoms with Gasteiger partial charge in [-0.25, -0.2) is 4.79 Å². The van der Waals surface area contributed by atoms with Crippen LogP contribution in [0.15, 0.2) is 36.4 Å². The van der Waals surface area contributed by atoms with Gasteiger partial charge in [-0.1, -0.05) is 42.6 Å². The zero-order chi connectivity index (χ0) is 18.7. The first-order valence-corrected chi connectivity index (χ1v) is 9.11. The Morgan fingerprint density at radius 3 is 2.73 bits per heavy atom. The molecule has 1 amide bonds. The normalized spacial score (nSPS) is 15.3. The van der Waals surface area contributed by atoms with Gasteiger partial charge in [0, 0.05) is 16.1 Å². The van der Waals surface area contributed by atoms with Crippen molar-refractivity contribution in [2.45, 2.75) is 32.3 Å². The van der Waals surface area contributed by atoms with Gasteiger partial charge in [0.2, 0.25) is 0 Å². The minimum absolute atomic E-state index is 0.222. The highest BCUT2D eigenvalue weighted by Crippen LogP contribution is 2.34. The van der Waals surface area contributed by atoms with Crippen LogP contribution in [0.25, 0.3) is 0 Å². The molecule has 2 aromatic rings. The molecular formula is C19H18Cl2N2O3. The molecule has 1 aliphatic heterocycles. The Hall–Kier alpha value is -2.24. The van der Waals surface area contributed by atoms with E-state index in [0.29, 0.717) is 26.9 Å². The van der Waals surface area contributed by atoms with Gasteiger partial charge in [-0.05, 0) is 43.2 Å². The number of nitrogens with one attached hydrogen (secondary N) is 2. The third-order valence-corrected chi connectivity index (χ3v) is 4.74. The first-order chi connectivity index (χ1) is 12.5. The largest absolute Gasteiger partial charge is 0.454 e. The van der Waals surface area contributed by atoms with Crippen LogP contribution in [0.2, 0.25) is 10.0 Å². The lowest BCUT2D eigenvalue weighted by Crippen LogP contribution is -2.29. The minimum atomic E-state index is -0.386. The molecule has 5 nitrogen and oxygen atoms in total. The number of hydrazine groups is 1. The molecule has 26 heavy (non-hydrogen) atoms. The van der Waals surface area contributed by atoms with Crippen LogP contribution < -0.4 is 10.9 Å². The summed E-state index contributed by atoms with van der Waals surface area (Å²) >= 11 is 11.9. The summed E-state index contributed by atoms with van der Waals surface area (Å²) in [7, 11) is 0. The Morgan fingerprint density at radius 2 is 2.00 bits per heavy atom. The van der Waals surface area contributed by atoms with Gasteiger partial charge in [-0.15, -0.1) is 0 Å². The third kappa shape index (κ3) is 3.94. The van der Waals surface area contributed by atoms with Crippen LogP contribution >= 0.6 is 23.2 Å². The molecule has 1 unspecified atom stereocenters. The molecule has 3 rings (SSSR count). The first-order valence-electron chi connectivity index (χ1n) is 8.36. The number of fused-ring (bicyclic) bond motifs is 1. The molecule has 1 heterocycles. The molecule has 2 N–H and O–H groups in total. The highest BCUT2D eigenvalue weighted by atomic mass is 35.5. The van der Waals surface area contributed by atoms with Gasteiger partial charge >= 0.3 is 5.97 Å². The monoisotopic (exact) mass is 392 g/mol. The maximum Gasteiger partial charge on any atom is 0.339 e. The molecule has 1 atom stereocenters. The van der Waals surface area contributed by atoms with Crippen LogP contribution in [-0.2, 0) is 4.74 Å². The van der Waals surface area contributed by atoms with Crippen molar-refractivity contribution in [1.29, 1.82) is 0 Å². The molecule has 0 radical (unpaired) electrons. The first kappa shape index (κ1) is 18.5. The number of hydrogen-bond donors (Lipinski definition) is 2. The number of amides is 1. The molecule has 7 heteroatoms. The van der Waals surface area contributed by atoms with Crippen LogP contribution in [0, 0.1) is 0 Å². The summed E-state index contributed by atoms with van der Waals surface area (Å²) in [5.41, 5.74) is 7.47. The number of rotatable bonds is 6. The quantitative estimate of drug-likeness (QED) is 0.526. The molecule has 0 fully saturated rings. The number of benzene rings is 2. The van der Waals surface area contributed by atoms with Gasteiger partial charge in [0.1, 0.15) is 6.10 Å². The van der Waals surface area contributed by atoms with Crippen molar-refractivity contribution in [2.24, 2.45) is 0 Å². The second-order valence-corrected chi connectivity index (χ2v) is 6.89. The smallest absolute Gasteiger partial charge is 0.339 e. The summed E-state index contributed by atoms with van der Waals surface area (Å²) in [6.07, 6.45) is 2.58. The summed E-state index contributed by atoms with van der Waals surface area (Å²) in [6, 6.07) is 9.90. The lowest BCUT2D eigenvalue weighted by molar-refractivity contribution is 0.0364. The summed E-state index contributed by atoms with van der Waals surface area (Å²) in [5.74, 6) is -0.770. The number of cyclic esters (lactones) is 1. The average Bonchev–Trinajstić information content (AvgIpc) is 2.94. The third-order valence-electron chi connectivity index (χ3n) is 4.19. The topological polar surface area (TPSA) is 67.4 Å². The second kappa shape index (κ2) is 7.98. The van der Waals surface area contributed by atoms with E-state index in [1.165, 1.54) is 0 Å². The SMILES string of the molecule is CCCCC1OC(=O)c2cc(C(=O)NNc3ccc(Cl)cc3Cl)ccc21. The lowest BCUT2D eigenvalue weighted by Gasteiger charge is -2.11. The number of unbranched alkanes of at least 4 members (excludes halogenated alkanes) is 1. The van der Waals surface area contributed by atoms with Gasteiger partial charge < -0.3 is 4.74 Å². The molecule has 0 spiro atoms. The average molecular weight is 393 g/mol. The van der Waals surface area contributed by atoms with Crippen LogP contribution in [0.4, 0.5) is 5.69 Å². The molecular weight excluding hydrogens is 375 g/mol. The lowest BCUT2D eigenvalue weighted by atomic mass is 9.99. The van der Waals surface area contributed by atoms with Gasteiger partial charge in [0.25, 0.3) is 5.91 Å². The molecule has 0 bridgehead atoms. The number of esters is 1. The minimum Gasteiger partial charge on any atom is -0.454 e. The number of carbonyl (C=O) groups is 2. The Bertz CT molecular complexity index is 855. The van der Waals surface area contributed by atoms with Crippen molar-refractivity contribution in [3.63, 3.8) is 0 Å². The summed E-state index contributed by atoms with van der Waals surface area (Å²) < 4.78 is 5.41. The summed E-state index contributed by atoms with van der Waals surface area (Å²) in [5, 5.41) is 0.885. The van der Waals surface area contributed by atoms with Crippen molar-refractivity contribution in [2.75, 3.05) is 5.43 Å². The van der Waals surface area contributed by atoms with Crippen molar-refractivity contribution < 1.29 is 14.3 Å². The standard InChI is InChI=1S/C19H18Cl2N2O3/c1-2-3-4-17-13-7-5-11(9-14(13)19(25)26-17)18(24)23-22-16-8-6-12(20)10-15(16)21/h5-10,17,22H,2-4H2,1H3,(H,23,24). The van der Waals surface area contributed by atoms with E-state index in [-0.39, 0.29) is 18.0 Å². The fraction of sp³-hybridized carbons (Fsp3) is 0.263. The van der Waals surface area contributed by atoms with E-state index < -0.39 is 0 Å². The highest BCUT2D eigenvalue weighted by molar-refractivity contribution is 6.36. The van der Waals surface area contributed by atoms with Crippen LogP contribution in [0.3, 0.4) is 0 Å². The van der Waals surface area contributed by atoms with Crippen LogP contribution in [0.5, 0.6) is 0 Å². The van der Waals surface area contributed by atoms with E-state index in [1.807, 2.05) is 0 Å². The van der Waals surface area contributed by atoms with E-state index >= 15 is 0 Å². The van der Waals surface area contributed by atoms with Crippen LogP contribution in [-0.4, -0.2) is 11.9 Å². The molecule has 2 aromatic carbocycles. The van der Waals surface area contributed by atoms with Crippen molar-refractivity contribution in [1.82, 2.24) is 5.43 Å². The number of halogens is 2. The van der Waals surface area contributed by atoms with E-state index in [4.69, 9.17) is 27.9 Å². The molecule has 136 valence electrons. The highest BCUT2D eigenvalue weighted by Gasteiger charge is 2.31. The maximum absolute atomic E-state index is 12.4. The number of anilines is 1. The van der Waals surface area contributed by atoms with Crippen molar-refractivity contribution in [3.05, 3.63) is 63.1 Å². The van der Waals surface area contributed by atoms with Gasteiger partial charge in [0.15, 0.2) is 0 Å². The predicted molar refractivity (Wildman–Crippen MR) is 102 cm³/mol. The number of hydrogen-bond acceptors (Lipinski definition) is 4. The number of carbonyl (C=O) groups excluding carboxylic acids is 2. The van der Waals surface area contributed by atoms with E-state index in [1.54, 1.807) is 36.4 Å². The fourth-order valence-corrected chi connectivity index (χ4v) is 3.26. The predicted octanol–water partition coefficient (Wildman–Crippen LogP) is 5.15. The zero-order valence-electron chi connectivity index (χ0n) is 14.1. The number of ether oxygens (including phenoxy) is 1. The van der Waals surface area contributed by atoms with Crippen molar-refractivity contribution in [3.8, 4) is 0 Å². The summed E-state index contributed by atoms with van der Waals surface area (Å²) in [4.78, 5) is 24.4. The van der Waals surface area contributed by atoms with E-state index in [2.05, 4.69) is 17.8 Å². The van der Waals surface area contributed by atoms with Crippen LogP contribution in [0.1, 0.15) is 58.6 Å². The van der Waals surface area contributed by atoms with Gasteiger partial charge in [0.05, 0.1) is 16.3 Å². The molecule has 1 aliphatic rings. The Kier molecular flexibility index (Phi) is 5.69. The van der Waals surface area contributed by atoms with Gasteiger partial charge in [-0.3, -0.25) is 15.6 Å². The van der Waals surface area contributed by atoms with E-state index in [9.17, 15) is 9.59 Å². The second-order valence-electron chi connectivity index (χ2n) is 6.04. The molecule has 0 aromatic heterocycles. The fourth-order valence-electron chi connectivity index (χ4n) is 2.80. The van der Waals surface area contributed by atoms with Crippen molar-refractivity contribution >= 4 is 40.8 Å².